The fourth-order valence-corrected chi connectivity index (χ4v) is 4.57. The van der Waals surface area contributed by atoms with Gasteiger partial charge >= 0.3 is 0 Å². The molecule has 2 N–H and O–H groups in total. The van der Waals surface area contributed by atoms with Crippen LogP contribution in [0.1, 0.15) is 57.8 Å². The minimum Gasteiger partial charge on any atom is -0.352 e. The van der Waals surface area contributed by atoms with Crippen molar-refractivity contribution < 1.29 is 9.59 Å². The molecular weight excluding hydrogens is 332 g/mol. The Kier molecular flexibility index (Phi) is 5.53. The Balaban J connectivity index is 1.92. The van der Waals surface area contributed by atoms with Gasteiger partial charge in [0.25, 0.3) is 11.8 Å². The maximum Gasteiger partial charge on any atom is 0.256 e. The van der Waals surface area contributed by atoms with Gasteiger partial charge in [-0.1, -0.05) is 32.0 Å². The summed E-state index contributed by atoms with van der Waals surface area (Å²) in [7, 11) is 0. The molecule has 4 nitrogen and oxygen atoms in total. The first-order chi connectivity index (χ1) is 12.1. The van der Waals surface area contributed by atoms with E-state index in [1.54, 1.807) is 23.5 Å². The summed E-state index contributed by atoms with van der Waals surface area (Å²) in [4.78, 5) is 26.5. The van der Waals surface area contributed by atoms with Crippen molar-refractivity contribution in [3.05, 3.63) is 51.9 Å². The van der Waals surface area contributed by atoms with Crippen molar-refractivity contribution in [2.24, 2.45) is 5.92 Å². The molecule has 1 aromatic carbocycles. The number of amides is 2. The van der Waals surface area contributed by atoms with Crippen molar-refractivity contribution in [2.45, 2.75) is 39.5 Å². The normalized spacial score (nSPS) is 16.2. The zero-order chi connectivity index (χ0) is 17.8. The summed E-state index contributed by atoms with van der Waals surface area (Å²) in [6.07, 6.45) is 3.86. The average molecular weight is 356 g/mol. The molecule has 1 heterocycles. The number of anilines is 1. The standard InChI is InChI=1S/C20H24N2O2S/c1-3-11-21-19(24)17-15-10-9-13(2)12-16(15)25-20(17)22-18(23)14-7-5-4-6-8-14/h4-8,13H,3,9-12H2,1-2H3,(H,21,24)(H,22,23). The highest BCUT2D eigenvalue weighted by Gasteiger charge is 2.28. The maximum absolute atomic E-state index is 12.7. The Hall–Kier alpha value is -2.14. The van der Waals surface area contributed by atoms with Crippen LogP contribution in [0.5, 0.6) is 0 Å². The second kappa shape index (κ2) is 7.83. The number of fused-ring (bicyclic) bond motifs is 1. The van der Waals surface area contributed by atoms with Crippen LogP contribution in [0.3, 0.4) is 0 Å². The predicted molar refractivity (Wildman–Crippen MR) is 103 cm³/mol. The van der Waals surface area contributed by atoms with Crippen molar-refractivity contribution >= 4 is 28.2 Å². The molecule has 3 rings (SSSR count). The lowest BCUT2D eigenvalue weighted by atomic mass is 9.88. The maximum atomic E-state index is 12.7. The van der Waals surface area contributed by atoms with Gasteiger partial charge in [0, 0.05) is 17.0 Å². The largest absolute Gasteiger partial charge is 0.352 e. The first-order valence-electron chi connectivity index (χ1n) is 8.89. The zero-order valence-corrected chi connectivity index (χ0v) is 15.5. The molecule has 2 amide bonds. The van der Waals surface area contributed by atoms with E-state index in [1.165, 1.54) is 4.88 Å². The van der Waals surface area contributed by atoms with E-state index in [1.807, 2.05) is 25.1 Å². The summed E-state index contributed by atoms with van der Waals surface area (Å²) < 4.78 is 0. The predicted octanol–water partition coefficient (Wildman–Crippen LogP) is 4.27. The molecule has 0 spiro atoms. The fourth-order valence-electron chi connectivity index (χ4n) is 3.17. The molecule has 1 aromatic heterocycles. The number of carbonyl (C=O) groups is 2. The van der Waals surface area contributed by atoms with Crippen molar-refractivity contribution in [3.8, 4) is 0 Å². The molecule has 0 fully saturated rings. The summed E-state index contributed by atoms with van der Waals surface area (Å²) >= 11 is 1.56. The summed E-state index contributed by atoms with van der Waals surface area (Å²) in [5.74, 6) is 0.379. The van der Waals surface area contributed by atoms with Gasteiger partial charge in [-0.3, -0.25) is 9.59 Å². The minimum absolute atomic E-state index is 0.0720. The molecule has 0 radical (unpaired) electrons. The monoisotopic (exact) mass is 356 g/mol. The Morgan fingerprint density at radius 1 is 1.20 bits per heavy atom. The van der Waals surface area contributed by atoms with E-state index in [0.29, 0.717) is 28.6 Å². The highest BCUT2D eigenvalue weighted by molar-refractivity contribution is 7.17. The van der Waals surface area contributed by atoms with Crippen LogP contribution in [0.15, 0.2) is 30.3 Å². The van der Waals surface area contributed by atoms with E-state index < -0.39 is 0 Å². The molecule has 1 atom stereocenters. The van der Waals surface area contributed by atoms with Crippen LogP contribution in [-0.4, -0.2) is 18.4 Å². The topological polar surface area (TPSA) is 58.2 Å². The van der Waals surface area contributed by atoms with E-state index in [0.717, 1.165) is 31.2 Å². The summed E-state index contributed by atoms with van der Waals surface area (Å²) in [6.45, 7) is 4.91. The van der Waals surface area contributed by atoms with Crippen LogP contribution in [0, 0.1) is 5.92 Å². The van der Waals surface area contributed by atoms with Crippen molar-refractivity contribution in [3.63, 3.8) is 0 Å². The van der Waals surface area contributed by atoms with Crippen molar-refractivity contribution in [1.29, 1.82) is 0 Å². The lowest BCUT2D eigenvalue weighted by Crippen LogP contribution is -2.26. The number of thiophene rings is 1. The second-order valence-electron chi connectivity index (χ2n) is 6.63. The van der Waals surface area contributed by atoms with E-state index in [2.05, 4.69) is 17.6 Å². The highest BCUT2D eigenvalue weighted by Crippen LogP contribution is 2.39. The van der Waals surface area contributed by atoms with E-state index >= 15 is 0 Å². The molecule has 1 aliphatic rings. The van der Waals surface area contributed by atoms with Crippen LogP contribution < -0.4 is 10.6 Å². The van der Waals surface area contributed by atoms with Gasteiger partial charge in [-0.05, 0) is 49.3 Å². The molecule has 0 aliphatic heterocycles. The van der Waals surface area contributed by atoms with Gasteiger partial charge in [-0.2, -0.15) is 0 Å². The summed E-state index contributed by atoms with van der Waals surface area (Å²) in [6, 6.07) is 9.12. The first-order valence-corrected chi connectivity index (χ1v) is 9.71. The molecule has 0 bridgehead atoms. The average Bonchev–Trinajstić information content (AvgIpc) is 2.97. The smallest absolute Gasteiger partial charge is 0.256 e. The Bertz CT molecular complexity index is 768. The van der Waals surface area contributed by atoms with Gasteiger partial charge < -0.3 is 10.6 Å². The zero-order valence-electron chi connectivity index (χ0n) is 14.7. The number of nitrogens with one attached hydrogen (secondary N) is 2. The lowest BCUT2D eigenvalue weighted by Gasteiger charge is -2.18. The quantitative estimate of drug-likeness (QED) is 0.841. The van der Waals surface area contributed by atoms with Gasteiger partial charge in [-0.25, -0.2) is 0 Å². The number of carbonyl (C=O) groups excluding carboxylic acids is 2. The molecule has 2 aromatic rings. The third kappa shape index (κ3) is 3.93. The van der Waals surface area contributed by atoms with Crippen LogP contribution in [0.2, 0.25) is 0 Å². The molecule has 25 heavy (non-hydrogen) atoms. The molecule has 1 aliphatic carbocycles. The molecule has 0 saturated heterocycles. The number of hydrogen-bond acceptors (Lipinski definition) is 3. The summed E-state index contributed by atoms with van der Waals surface area (Å²) in [5.41, 5.74) is 2.40. The lowest BCUT2D eigenvalue weighted by molar-refractivity contribution is 0.0953. The molecule has 0 saturated carbocycles. The SMILES string of the molecule is CCCNC(=O)c1c(NC(=O)c2ccccc2)sc2c1CCC(C)C2. The number of rotatable bonds is 5. The van der Waals surface area contributed by atoms with Crippen LogP contribution in [0.4, 0.5) is 5.00 Å². The van der Waals surface area contributed by atoms with Gasteiger partial charge in [-0.15, -0.1) is 11.3 Å². The van der Waals surface area contributed by atoms with Crippen molar-refractivity contribution in [2.75, 3.05) is 11.9 Å². The molecular formula is C20H24N2O2S. The molecule has 132 valence electrons. The van der Waals surface area contributed by atoms with E-state index in [4.69, 9.17) is 0 Å². The molecule has 5 heteroatoms. The van der Waals surface area contributed by atoms with Gasteiger partial charge in [0.15, 0.2) is 0 Å². The van der Waals surface area contributed by atoms with Crippen molar-refractivity contribution in [1.82, 2.24) is 5.32 Å². The van der Waals surface area contributed by atoms with Crippen LogP contribution in [0.25, 0.3) is 0 Å². The Morgan fingerprint density at radius 2 is 1.96 bits per heavy atom. The highest BCUT2D eigenvalue weighted by atomic mass is 32.1. The van der Waals surface area contributed by atoms with Gasteiger partial charge in [0.05, 0.1) is 5.56 Å². The van der Waals surface area contributed by atoms with E-state index in [-0.39, 0.29) is 11.8 Å². The number of benzene rings is 1. The first kappa shape index (κ1) is 17.7. The Morgan fingerprint density at radius 3 is 2.68 bits per heavy atom. The fraction of sp³-hybridized carbons (Fsp3) is 0.400. The van der Waals surface area contributed by atoms with E-state index in [9.17, 15) is 9.59 Å². The van der Waals surface area contributed by atoms with Crippen LogP contribution >= 0.6 is 11.3 Å². The van der Waals surface area contributed by atoms with Gasteiger partial charge in [0.1, 0.15) is 5.00 Å². The van der Waals surface area contributed by atoms with Gasteiger partial charge in [0.2, 0.25) is 0 Å². The third-order valence-electron chi connectivity index (χ3n) is 4.54. The third-order valence-corrected chi connectivity index (χ3v) is 5.71. The Labute approximate surface area is 152 Å². The molecule has 1 unspecified atom stereocenters. The van der Waals surface area contributed by atoms with Crippen LogP contribution in [-0.2, 0) is 12.8 Å². The summed E-state index contributed by atoms with van der Waals surface area (Å²) in [5, 5.41) is 6.62. The number of hydrogen-bond donors (Lipinski definition) is 2. The minimum atomic E-state index is -0.170. The second-order valence-corrected chi connectivity index (χ2v) is 7.74.